The van der Waals surface area contributed by atoms with E-state index < -0.39 is 18.0 Å². The molecule has 1 fully saturated rings. The third-order valence-electron chi connectivity index (χ3n) is 4.99. The minimum atomic E-state index is -0.953. The lowest BCUT2D eigenvalue weighted by atomic mass is 10.1. The van der Waals surface area contributed by atoms with Gasteiger partial charge in [0.1, 0.15) is 11.8 Å². The van der Waals surface area contributed by atoms with E-state index in [1.807, 2.05) is 13.0 Å². The van der Waals surface area contributed by atoms with Gasteiger partial charge in [0, 0.05) is 10.7 Å². The average molecular weight is 438 g/mol. The molecule has 1 saturated heterocycles. The van der Waals surface area contributed by atoms with Gasteiger partial charge >= 0.3 is 6.03 Å². The van der Waals surface area contributed by atoms with Crippen LogP contribution in [-0.2, 0) is 16.1 Å². The van der Waals surface area contributed by atoms with Gasteiger partial charge in [-0.3, -0.25) is 9.59 Å². The maximum atomic E-state index is 13.2. The lowest BCUT2D eigenvalue weighted by Gasteiger charge is -2.20. The maximum Gasteiger partial charge on any atom is 0.332 e. The molecule has 0 saturated carbocycles. The van der Waals surface area contributed by atoms with Crippen LogP contribution in [-0.4, -0.2) is 28.8 Å². The molecule has 31 heavy (non-hydrogen) atoms. The van der Waals surface area contributed by atoms with Crippen LogP contribution in [0.25, 0.3) is 0 Å². The van der Waals surface area contributed by atoms with E-state index in [2.05, 4.69) is 5.32 Å². The molecule has 3 aromatic rings. The van der Waals surface area contributed by atoms with E-state index in [-0.39, 0.29) is 18.9 Å². The van der Waals surface area contributed by atoms with Crippen LogP contribution in [0, 0.1) is 6.92 Å². The SMILES string of the molecule is Cc1cccc(N2C(=O)[C@H](CC(=O)Nc3ccc(Cl)cc3)N(Cc3ccco3)C2=O)c1. The number of urea groups is 1. The lowest BCUT2D eigenvalue weighted by molar-refractivity contribution is -0.124. The third-order valence-corrected chi connectivity index (χ3v) is 5.24. The van der Waals surface area contributed by atoms with Gasteiger partial charge in [-0.15, -0.1) is 0 Å². The standard InChI is InChI=1S/C23H20ClN3O4/c1-15-4-2-5-18(12-15)27-22(29)20(26(23(27)30)14-19-6-3-11-31-19)13-21(28)25-17-9-7-16(24)8-10-17/h2-12,20H,13-14H2,1H3,(H,25,28)/t20-/m0/s1. The van der Waals surface area contributed by atoms with Crippen LogP contribution in [0.15, 0.2) is 71.3 Å². The van der Waals surface area contributed by atoms with Crippen LogP contribution in [0.5, 0.6) is 0 Å². The lowest BCUT2D eigenvalue weighted by Crippen LogP contribution is -2.37. The molecule has 1 N–H and O–H groups in total. The molecule has 1 atom stereocenters. The molecule has 1 aliphatic heterocycles. The van der Waals surface area contributed by atoms with E-state index in [1.165, 1.54) is 11.2 Å². The van der Waals surface area contributed by atoms with Gasteiger partial charge in [-0.1, -0.05) is 23.7 Å². The first-order valence-corrected chi connectivity index (χ1v) is 10.1. The average Bonchev–Trinajstić information content (AvgIpc) is 3.32. The zero-order valence-electron chi connectivity index (χ0n) is 16.7. The molecule has 0 spiro atoms. The van der Waals surface area contributed by atoms with Crippen molar-refractivity contribution < 1.29 is 18.8 Å². The number of furan rings is 1. The molecule has 2 heterocycles. The number of aryl methyl sites for hydroxylation is 1. The monoisotopic (exact) mass is 437 g/mol. The fourth-order valence-electron chi connectivity index (χ4n) is 3.51. The number of benzene rings is 2. The predicted octanol–water partition coefficient (Wildman–Crippen LogP) is 4.61. The summed E-state index contributed by atoms with van der Waals surface area (Å²) < 4.78 is 5.36. The van der Waals surface area contributed by atoms with Crippen molar-refractivity contribution in [1.82, 2.24) is 4.90 Å². The highest BCUT2D eigenvalue weighted by molar-refractivity contribution is 6.30. The molecule has 8 heteroatoms. The number of rotatable bonds is 6. The molecule has 2 aromatic carbocycles. The molecular weight excluding hydrogens is 418 g/mol. The van der Waals surface area contributed by atoms with E-state index in [9.17, 15) is 14.4 Å². The van der Waals surface area contributed by atoms with Crippen molar-refractivity contribution in [2.75, 3.05) is 10.2 Å². The minimum Gasteiger partial charge on any atom is -0.467 e. The van der Waals surface area contributed by atoms with Gasteiger partial charge in [0.15, 0.2) is 0 Å². The summed E-state index contributed by atoms with van der Waals surface area (Å²) in [7, 11) is 0. The Bertz CT molecular complexity index is 1110. The number of nitrogens with one attached hydrogen (secondary N) is 1. The summed E-state index contributed by atoms with van der Waals surface area (Å²) in [5.41, 5.74) is 1.94. The summed E-state index contributed by atoms with van der Waals surface area (Å²) in [5.74, 6) is -0.312. The highest BCUT2D eigenvalue weighted by atomic mass is 35.5. The summed E-state index contributed by atoms with van der Waals surface area (Å²) >= 11 is 5.88. The molecular formula is C23H20ClN3O4. The van der Waals surface area contributed by atoms with Gasteiger partial charge in [-0.25, -0.2) is 9.69 Å². The molecule has 0 unspecified atom stereocenters. The summed E-state index contributed by atoms with van der Waals surface area (Å²) in [6.07, 6.45) is 1.31. The number of halogens is 1. The van der Waals surface area contributed by atoms with Crippen LogP contribution in [0.2, 0.25) is 5.02 Å². The van der Waals surface area contributed by atoms with Crippen molar-refractivity contribution in [3.8, 4) is 0 Å². The second-order valence-corrected chi connectivity index (χ2v) is 7.71. The summed E-state index contributed by atoms with van der Waals surface area (Å²) in [6, 6.07) is 15.8. The summed E-state index contributed by atoms with van der Waals surface area (Å²) in [6.45, 7) is 1.96. The van der Waals surface area contributed by atoms with Crippen LogP contribution in [0.4, 0.5) is 16.2 Å². The smallest absolute Gasteiger partial charge is 0.332 e. The van der Waals surface area contributed by atoms with Crippen LogP contribution < -0.4 is 10.2 Å². The number of anilines is 2. The Balaban J connectivity index is 1.59. The van der Waals surface area contributed by atoms with Crippen molar-refractivity contribution in [3.05, 3.63) is 83.3 Å². The van der Waals surface area contributed by atoms with Gasteiger partial charge in [-0.2, -0.15) is 0 Å². The van der Waals surface area contributed by atoms with E-state index in [1.54, 1.807) is 54.6 Å². The summed E-state index contributed by atoms with van der Waals surface area (Å²) in [4.78, 5) is 41.6. The van der Waals surface area contributed by atoms with E-state index in [0.29, 0.717) is 22.2 Å². The van der Waals surface area contributed by atoms with Gasteiger partial charge < -0.3 is 14.6 Å². The zero-order chi connectivity index (χ0) is 22.0. The number of imide groups is 1. The Hall–Kier alpha value is -3.58. The Morgan fingerprint density at radius 2 is 1.87 bits per heavy atom. The maximum absolute atomic E-state index is 13.2. The van der Waals surface area contributed by atoms with E-state index in [4.69, 9.17) is 16.0 Å². The van der Waals surface area contributed by atoms with Crippen LogP contribution in [0.3, 0.4) is 0 Å². The predicted molar refractivity (Wildman–Crippen MR) is 117 cm³/mol. The second-order valence-electron chi connectivity index (χ2n) is 7.28. The quantitative estimate of drug-likeness (QED) is 0.571. The Morgan fingerprint density at radius 1 is 1.10 bits per heavy atom. The van der Waals surface area contributed by atoms with Gasteiger partial charge in [0.05, 0.1) is 24.9 Å². The van der Waals surface area contributed by atoms with Crippen molar-refractivity contribution >= 4 is 40.8 Å². The number of carbonyl (C=O) groups excluding carboxylic acids is 3. The van der Waals surface area contributed by atoms with Crippen molar-refractivity contribution in [2.45, 2.75) is 25.9 Å². The number of hydrogen-bond acceptors (Lipinski definition) is 4. The van der Waals surface area contributed by atoms with E-state index in [0.717, 1.165) is 10.5 Å². The first kappa shape index (κ1) is 20.7. The molecule has 1 aliphatic rings. The molecule has 7 nitrogen and oxygen atoms in total. The Kier molecular flexibility index (Phi) is 5.77. The van der Waals surface area contributed by atoms with Crippen molar-refractivity contribution in [3.63, 3.8) is 0 Å². The topological polar surface area (TPSA) is 82.9 Å². The first-order valence-electron chi connectivity index (χ1n) is 9.71. The van der Waals surface area contributed by atoms with Crippen molar-refractivity contribution in [1.29, 1.82) is 0 Å². The van der Waals surface area contributed by atoms with Crippen molar-refractivity contribution in [2.24, 2.45) is 0 Å². The zero-order valence-corrected chi connectivity index (χ0v) is 17.5. The van der Waals surface area contributed by atoms with Gasteiger partial charge in [0.25, 0.3) is 5.91 Å². The fourth-order valence-corrected chi connectivity index (χ4v) is 3.64. The highest BCUT2D eigenvalue weighted by Crippen LogP contribution is 2.29. The Labute approximate surface area is 184 Å². The fraction of sp³-hybridized carbons (Fsp3) is 0.174. The summed E-state index contributed by atoms with van der Waals surface area (Å²) in [5, 5.41) is 3.29. The normalized spacial score (nSPS) is 16.1. The van der Waals surface area contributed by atoms with Gasteiger partial charge in [-0.05, 0) is 61.0 Å². The largest absolute Gasteiger partial charge is 0.467 e. The van der Waals surface area contributed by atoms with Gasteiger partial charge in [0.2, 0.25) is 5.91 Å². The molecule has 4 rings (SSSR count). The first-order chi connectivity index (χ1) is 14.9. The molecule has 0 bridgehead atoms. The van der Waals surface area contributed by atoms with Crippen LogP contribution in [0.1, 0.15) is 17.7 Å². The molecule has 1 aromatic heterocycles. The van der Waals surface area contributed by atoms with Crippen LogP contribution >= 0.6 is 11.6 Å². The molecule has 0 aliphatic carbocycles. The molecule has 0 radical (unpaired) electrons. The number of nitrogens with zero attached hydrogens (tertiary/aromatic N) is 2. The Morgan fingerprint density at radius 3 is 2.55 bits per heavy atom. The molecule has 158 valence electrons. The highest BCUT2D eigenvalue weighted by Gasteiger charge is 2.47. The minimum absolute atomic E-state index is 0.0821. The number of carbonyl (C=O) groups is 3. The molecule has 4 amide bonds. The number of hydrogen-bond donors (Lipinski definition) is 1. The third kappa shape index (κ3) is 4.46. The number of amides is 4. The van der Waals surface area contributed by atoms with E-state index >= 15 is 0 Å². The second kappa shape index (κ2) is 8.65.